The Morgan fingerprint density at radius 1 is 1.00 bits per heavy atom. The lowest BCUT2D eigenvalue weighted by Gasteiger charge is -2.21. The third-order valence-electron chi connectivity index (χ3n) is 3.92. The molecule has 0 saturated heterocycles. The minimum Gasteiger partial charge on any atom is -0.493 e. The van der Waals surface area contributed by atoms with Crippen LogP contribution in [-0.2, 0) is 16.1 Å². The van der Waals surface area contributed by atoms with Crippen LogP contribution in [0, 0.1) is 0 Å². The number of carbonyl (C=O) groups excluding carboxylic acids is 1. The van der Waals surface area contributed by atoms with E-state index in [4.69, 9.17) is 14.2 Å². The molecular weight excluding hydrogens is 330 g/mol. The summed E-state index contributed by atoms with van der Waals surface area (Å²) in [5.41, 5.74) is 1.94. The van der Waals surface area contributed by atoms with E-state index >= 15 is 0 Å². The van der Waals surface area contributed by atoms with Crippen LogP contribution in [0.5, 0.6) is 11.5 Å². The van der Waals surface area contributed by atoms with Crippen molar-refractivity contribution in [1.29, 1.82) is 0 Å². The first-order chi connectivity index (χ1) is 12.7. The van der Waals surface area contributed by atoms with E-state index in [1.165, 1.54) is 0 Å². The topological polar surface area (TPSA) is 48.0 Å². The summed E-state index contributed by atoms with van der Waals surface area (Å²) in [6, 6.07) is 15.4. The molecule has 138 valence electrons. The van der Waals surface area contributed by atoms with E-state index in [-0.39, 0.29) is 5.91 Å². The van der Waals surface area contributed by atoms with E-state index in [0.29, 0.717) is 31.2 Å². The van der Waals surface area contributed by atoms with Gasteiger partial charge in [0, 0.05) is 26.3 Å². The van der Waals surface area contributed by atoms with Crippen molar-refractivity contribution in [2.24, 2.45) is 0 Å². The van der Waals surface area contributed by atoms with Crippen LogP contribution in [0.25, 0.3) is 6.08 Å². The van der Waals surface area contributed by atoms with Gasteiger partial charge in [-0.2, -0.15) is 0 Å². The number of rotatable bonds is 9. The third-order valence-corrected chi connectivity index (χ3v) is 3.92. The molecule has 1 amide bonds. The second kappa shape index (κ2) is 10.3. The van der Waals surface area contributed by atoms with Crippen LogP contribution in [0.4, 0.5) is 0 Å². The zero-order valence-corrected chi connectivity index (χ0v) is 15.5. The molecule has 0 fully saturated rings. The van der Waals surface area contributed by atoms with Gasteiger partial charge in [-0.1, -0.05) is 36.4 Å². The summed E-state index contributed by atoms with van der Waals surface area (Å²) in [7, 11) is 4.81. The van der Waals surface area contributed by atoms with Crippen LogP contribution in [0.1, 0.15) is 11.1 Å². The maximum atomic E-state index is 12.6. The van der Waals surface area contributed by atoms with Gasteiger partial charge in [0.25, 0.3) is 0 Å². The average molecular weight is 355 g/mol. The van der Waals surface area contributed by atoms with Gasteiger partial charge in [-0.25, -0.2) is 0 Å². The normalized spacial score (nSPS) is 10.7. The van der Waals surface area contributed by atoms with E-state index in [0.717, 1.165) is 11.1 Å². The maximum Gasteiger partial charge on any atom is 0.246 e. The Morgan fingerprint density at radius 3 is 2.38 bits per heavy atom. The summed E-state index contributed by atoms with van der Waals surface area (Å²) in [4.78, 5) is 14.4. The molecule has 5 nitrogen and oxygen atoms in total. The predicted octanol–water partition coefficient (Wildman–Crippen LogP) is 3.39. The van der Waals surface area contributed by atoms with Crippen LogP contribution in [0.15, 0.2) is 54.6 Å². The molecule has 2 aromatic carbocycles. The van der Waals surface area contributed by atoms with Crippen molar-refractivity contribution < 1.29 is 19.0 Å². The summed E-state index contributed by atoms with van der Waals surface area (Å²) in [5.74, 6) is 1.21. The van der Waals surface area contributed by atoms with E-state index in [1.807, 2.05) is 48.5 Å². The van der Waals surface area contributed by atoms with E-state index in [9.17, 15) is 4.79 Å². The Labute approximate surface area is 154 Å². The van der Waals surface area contributed by atoms with Gasteiger partial charge in [0.05, 0.1) is 20.8 Å². The molecule has 0 N–H and O–H groups in total. The minimum atomic E-state index is -0.0688. The maximum absolute atomic E-state index is 12.6. The van der Waals surface area contributed by atoms with Gasteiger partial charge in [-0.3, -0.25) is 4.79 Å². The quantitative estimate of drug-likeness (QED) is 0.647. The van der Waals surface area contributed by atoms with Gasteiger partial charge in [-0.15, -0.1) is 0 Å². The minimum absolute atomic E-state index is 0.0688. The number of nitrogens with zero attached hydrogens (tertiary/aromatic N) is 1. The molecule has 0 aliphatic heterocycles. The second-order valence-electron chi connectivity index (χ2n) is 5.69. The SMILES string of the molecule is COCCN(Cc1ccccc1)C(=O)/C=C/c1ccc(OC)c(OC)c1. The summed E-state index contributed by atoms with van der Waals surface area (Å²) in [6.45, 7) is 1.56. The average Bonchev–Trinajstić information content (AvgIpc) is 2.69. The summed E-state index contributed by atoms with van der Waals surface area (Å²) >= 11 is 0. The molecule has 0 radical (unpaired) electrons. The highest BCUT2D eigenvalue weighted by Crippen LogP contribution is 2.28. The monoisotopic (exact) mass is 355 g/mol. The first-order valence-electron chi connectivity index (χ1n) is 8.39. The Morgan fingerprint density at radius 2 is 1.73 bits per heavy atom. The molecule has 0 aliphatic carbocycles. The van der Waals surface area contributed by atoms with E-state index in [1.54, 1.807) is 38.4 Å². The van der Waals surface area contributed by atoms with Crippen molar-refractivity contribution in [1.82, 2.24) is 4.90 Å². The van der Waals surface area contributed by atoms with Crippen molar-refractivity contribution in [2.75, 3.05) is 34.5 Å². The van der Waals surface area contributed by atoms with Crippen molar-refractivity contribution in [3.8, 4) is 11.5 Å². The van der Waals surface area contributed by atoms with Gasteiger partial charge in [0.15, 0.2) is 11.5 Å². The smallest absolute Gasteiger partial charge is 0.246 e. The third kappa shape index (κ3) is 5.63. The number of hydrogen-bond acceptors (Lipinski definition) is 4. The zero-order chi connectivity index (χ0) is 18.8. The van der Waals surface area contributed by atoms with E-state index < -0.39 is 0 Å². The van der Waals surface area contributed by atoms with Crippen LogP contribution in [0.3, 0.4) is 0 Å². The number of hydrogen-bond donors (Lipinski definition) is 0. The van der Waals surface area contributed by atoms with Gasteiger partial charge in [-0.05, 0) is 29.3 Å². The molecule has 0 heterocycles. The predicted molar refractivity (Wildman–Crippen MR) is 102 cm³/mol. The standard InChI is InChI=1S/C21H25NO4/c1-24-14-13-22(16-18-7-5-4-6-8-18)21(23)12-10-17-9-11-19(25-2)20(15-17)26-3/h4-12,15H,13-14,16H2,1-3H3/b12-10+. The molecule has 0 unspecified atom stereocenters. The van der Waals surface area contributed by atoms with Crippen LogP contribution in [0.2, 0.25) is 0 Å². The van der Waals surface area contributed by atoms with Crippen LogP contribution < -0.4 is 9.47 Å². The molecule has 0 spiro atoms. The number of amides is 1. The molecule has 2 rings (SSSR count). The first-order valence-corrected chi connectivity index (χ1v) is 8.39. The van der Waals surface area contributed by atoms with Crippen LogP contribution >= 0.6 is 0 Å². The van der Waals surface area contributed by atoms with Gasteiger partial charge in [0.2, 0.25) is 5.91 Å². The zero-order valence-electron chi connectivity index (χ0n) is 15.5. The van der Waals surface area contributed by atoms with Crippen LogP contribution in [-0.4, -0.2) is 45.3 Å². The fraction of sp³-hybridized carbons (Fsp3) is 0.286. The van der Waals surface area contributed by atoms with Crippen molar-refractivity contribution in [2.45, 2.75) is 6.54 Å². The molecule has 0 aliphatic rings. The Kier molecular flexibility index (Phi) is 7.71. The number of ether oxygens (including phenoxy) is 3. The van der Waals surface area contributed by atoms with Gasteiger partial charge < -0.3 is 19.1 Å². The fourth-order valence-corrected chi connectivity index (χ4v) is 2.50. The Hall–Kier alpha value is -2.79. The van der Waals surface area contributed by atoms with Crippen molar-refractivity contribution in [3.63, 3.8) is 0 Å². The lowest BCUT2D eigenvalue weighted by atomic mass is 10.1. The molecule has 0 saturated carbocycles. The highest BCUT2D eigenvalue weighted by molar-refractivity contribution is 5.91. The summed E-state index contributed by atoms with van der Waals surface area (Å²) < 4.78 is 15.7. The molecule has 5 heteroatoms. The largest absolute Gasteiger partial charge is 0.493 e. The molecule has 0 aromatic heterocycles. The second-order valence-corrected chi connectivity index (χ2v) is 5.69. The summed E-state index contributed by atoms with van der Waals surface area (Å²) in [6.07, 6.45) is 3.34. The molecule has 0 atom stereocenters. The van der Waals surface area contributed by atoms with Crippen molar-refractivity contribution >= 4 is 12.0 Å². The first kappa shape index (κ1) is 19.5. The Bertz CT molecular complexity index is 728. The van der Waals surface area contributed by atoms with E-state index in [2.05, 4.69) is 0 Å². The lowest BCUT2D eigenvalue weighted by molar-refractivity contribution is -0.127. The molecule has 0 bridgehead atoms. The number of methoxy groups -OCH3 is 3. The Balaban J connectivity index is 2.11. The molecule has 2 aromatic rings. The number of benzene rings is 2. The molecular formula is C21H25NO4. The lowest BCUT2D eigenvalue weighted by Crippen LogP contribution is -2.32. The highest BCUT2D eigenvalue weighted by atomic mass is 16.5. The molecule has 26 heavy (non-hydrogen) atoms. The van der Waals surface area contributed by atoms with Gasteiger partial charge in [0.1, 0.15) is 0 Å². The number of carbonyl (C=O) groups is 1. The highest BCUT2D eigenvalue weighted by Gasteiger charge is 2.11. The fourth-order valence-electron chi connectivity index (χ4n) is 2.50. The summed E-state index contributed by atoms with van der Waals surface area (Å²) in [5, 5.41) is 0. The van der Waals surface area contributed by atoms with Crippen molar-refractivity contribution in [3.05, 3.63) is 65.7 Å². The van der Waals surface area contributed by atoms with Gasteiger partial charge >= 0.3 is 0 Å².